The van der Waals surface area contributed by atoms with Crippen molar-refractivity contribution in [3.63, 3.8) is 0 Å². The van der Waals surface area contributed by atoms with E-state index in [0.717, 1.165) is 8.95 Å². The number of carbonyl (C=O) groups is 1. The van der Waals surface area contributed by atoms with E-state index in [0.29, 0.717) is 22.7 Å². The van der Waals surface area contributed by atoms with Crippen LogP contribution in [0.1, 0.15) is 10.4 Å². The summed E-state index contributed by atoms with van der Waals surface area (Å²) in [6.45, 7) is 0. The number of para-hydroxylation sites is 3. The van der Waals surface area contributed by atoms with Crippen molar-refractivity contribution in [2.45, 2.75) is 0 Å². The summed E-state index contributed by atoms with van der Waals surface area (Å²) in [7, 11) is 0. The number of ether oxygens (including phenoxy) is 1. The van der Waals surface area contributed by atoms with Crippen LogP contribution in [0.2, 0.25) is 0 Å². The molecule has 5 heteroatoms. The average molecular weight is 447 g/mol. The predicted octanol–water partition coefficient (Wildman–Crippen LogP) is 6.26. The topological polar surface area (TPSA) is 38.3 Å². The maximum absolute atomic E-state index is 12.6. The van der Waals surface area contributed by atoms with Gasteiger partial charge in [-0.25, -0.2) is 0 Å². The highest BCUT2D eigenvalue weighted by molar-refractivity contribution is 9.11. The molecule has 0 atom stereocenters. The Morgan fingerprint density at radius 2 is 1.58 bits per heavy atom. The Hall–Kier alpha value is -2.11. The van der Waals surface area contributed by atoms with Crippen molar-refractivity contribution in [2.75, 3.05) is 5.32 Å². The number of carbonyl (C=O) groups excluding carboxylic acids is 1. The highest BCUT2D eigenvalue weighted by atomic mass is 79.9. The lowest BCUT2D eigenvalue weighted by atomic mass is 10.2. The summed E-state index contributed by atoms with van der Waals surface area (Å²) in [5, 5.41) is 2.90. The van der Waals surface area contributed by atoms with Gasteiger partial charge >= 0.3 is 0 Å². The Morgan fingerprint density at radius 3 is 2.38 bits per heavy atom. The highest BCUT2D eigenvalue weighted by Crippen LogP contribution is 2.30. The predicted molar refractivity (Wildman–Crippen MR) is 103 cm³/mol. The molecule has 0 spiro atoms. The lowest BCUT2D eigenvalue weighted by Crippen LogP contribution is -2.13. The molecule has 1 amide bonds. The fraction of sp³-hybridized carbons (Fsp3) is 0. The van der Waals surface area contributed by atoms with Crippen molar-refractivity contribution in [1.82, 2.24) is 0 Å². The molecule has 0 aliphatic heterocycles. The molecule has 3 aromatic rings. The maximum atomic E-state index is 12.6. The lowest BCUT2D eigenvalue weighted by molar-refractivity contribution is 0.102. The molecule has 0 fully saturated rings. The van der Waals surface area contributed by atoms with Gasteiger partial charge in [-0.05, 0) is 58.4 Å². The molecule has 0 unspecified atom stereocenters. The highest BCUT2D eigenvalue weighted by Gasteiger charge is 2.13. The summed E-state index contributed by atoms with van der Waals surface area (Å²) in [6.07, 6.45) is 0. The third-order valence-electron chi connectivity index (χ3n) is 3.28. The van der Waals surface area contributed by atoms with Crippen LogP contribution in [0.15, 0.2) is 81.7 Å². The molecular formula is C19H13Br2NO2. The molecule has 3 nitrogen and oxygen atoms in total. The summed E-state index contributed by atoms with van der Waals surface area (Å²) < 4.78 is 7.43. The third kappa shape index (κ3) is 4.04. The smallest absolute Gasteiger partial charge is 0.256 e. The number of benzene rings is 3. The van der Waals surface area contributed by atoms with Crippen molar-refractivity contribution in [3.05, 3.63) is 87.3 Å². The molecule has 0 bridgehead atoms. The molecule has 3 rings (SSSR count). The molecule has 0 aliphatic rings. The maximum Gasteiger partial charge on any atom is 0.256 e. The molecule has 3 aromatic carbocycles. The van der Waals surface area contributed by atoms with Gasteiger partial charge in [-0.1, -0.05) is 46.3 Å². The molecule has 0 heterocycles. The molecule has 0 aliphatic carbocycles. The van der Waals surface area contributed by atoms with Crippen molar-refractivity contribution >= 4 is 43.5 Å². The first-order valence-corrected chi connectivity index (χ1v) is 8.80. The Morgan fingerprint density at radius 1 is 0.875 bits per heavy atom. The number of rotatable bonds is 4. The second kappa shape index (κ2) is 7.64. The minimum Gasteiger partial charge on any atom is -0.455 e. The monoisotopic (exact) mass is 445 g/mol. The van der Waals surface area contributed by atoms with Crippen molar-refractivity contribution < 1.29 is 9.53 Å². The van der Waals surface area contributed by atoms with Crippen LogP contribution in [0.5, 0.6) is 11.5 Å². The van der Waals surface area contributed by atoms with Crippen LogP contribution in [-0.4, -0.2) is 5.91 Å². The van der Waals surface area contributed by atoms with Crippen LogP contribution in [-0.2, 0) is 0 Å². The fourth-order valence-electron chi connectivity index (χ4n) is 2.14. The Bertz CT molecular complexity index is 866. The first-order valence-electron chi connectivity index (χ1n) is 7.22. The van der Waals surface area contributed by atoms with Crippen LogP contribution in [0.25, 0.3) is 0 Å². The molecule has 0 radical (unpaired) electrons. The zero-order chi connectivity index (χ0) is 16.9. The van der Waals surface area contributed by atoms with E-state index in [2.05, 4.69) is 37.2 Å². The number of nitrogens with one attached hydrogen (secondary N) is 1. The van der Waals surface area contributed by atoms with E-state index < -0.39 is 0 Å². The van der Waals surface area contributed by atoms with Crippen LogP contribution in [0.4, 0.5) is 5.69 Å². The van der Waals surface area contributed by atoms with E-state index >= 15 is 0 Å². The van der Waals surface area contributed by atoms with Gasteiger partial charge in [-0.2, -0.15) is 0 Å². The van der Waals surface area contributed by atoms with Crippen molar-refractivity contribution in [2.24, 2.45) is 0 Å². The molecule has 120 valence electrons. The summed E-state index contributed by atoms with van der Waals surface area (Å²) in [5.41, 5.74) is 1.15. The van der Waals surface area contributed by atoms with E-state index in [1.165, 1.54) is 0 Å². The van der Waals surface area contributed by atoms with Crippen LogP contribution in [0.3, 0.4) is 0 Å². The largest absolute Gasteiger partial charge is 0.455 e. The van der Waals surface area contributed by atoms with Gasteiger partial charge in [0.1, 0.15) is 5.75 Å². The van der Waals surface area contributed by atoms with E-state index in [9.17, 15) is 4.79 Å². The lowest BCUT2D eigenvalue weighted by Gasteiger charge is -2.13. The SMILES string of the molecule is O=C(Nc1ccccc1Oc1ccccc1)c1cc(Br)ccc1Br. The van der Waals surface area contributed by atoms with Crippen molar-refractivity contribution in [3.8, 4) is 11.5 Å². The number of hydrogen-bond donors (Lipinski definition) is 1. The van der Waals surface area contributed by atoms with Crippen LogP contribution >= 0.6 is 31.9 Å². The molecule has 1 N–H and O–H groups in total. The van der Waals surface area contributed by atoms with Crippen LogP contribution < -0.4 is 10.1 Å². The van der Waals surface area contributed by atoms with Crippen LogP contribution in [0, 0.1) is 0 Å². The van der Waals surface area contributed by atoms with Gasteiger partial charge in [0, 0.05) is 8.95 Å². The second-order valence-electron chi connectivity index (χ2n) is 4.99. The van der Waals surface area contributed by atoms with Gasteiger partial charge < -0.3 is 10.1 Å². The Balaban J connectivity index is 1.85. The first kappa shape index (κ1) is 16.7. The number of amides is 1. The first-order chi connectivity index (χ1) is 11.6. The van der Waals surface area contributed by atoms with Gasteiger partial charge in [0.05, 0.1) is 11.3 Å². The zero-order valence-electron chi connectivity index (χ0n) is 12.5. The minimum atomic E-state index is -0.215. The van der Waals surface area contributed by atoms with Gasteiger partial charge in [-0.15, -0.1) is 0 Å². The zero-order valence-corrected chi connectivity index (χ0v) is 15.7. The fourth-order valence-corrected chi connectivity index (χ4v) is 2.92. The van der Waals surface area contributed by atoms with Gasteiger partial charge in [0.15, 0.2) is 5.75 Å². The molecule has 0 saturated heterocycles. The van der Waals surface area contributed by atoms with Gasteiger partial charge in [0.25, 0.3) is 5.91 Å². The van der Waals surface area contributed by atoms with Gasteiger partial charge in [0.2, 0.25) is 0 Å². The average Bonchev–Trinajstić information content (AvgIpc) is 2.59. The number of anilines is 1. The molecule has 0 saturated carbocycles. The standard InChI is InChI=1S/C19H13Br2NO2/c20-13-10-11-16(21)15(12-13)19(23)22-17-8-4-5-9-18(17)24-14-6-2-1-3-7-14/h1-12H,(H,22,23). The van der Waals surface area contributed by atoms with E-state index in [1.54, 1.807) is 6.07 Å². The summed E-state index contributed by atoms with van der Waals surface area (Å²) in [4.78, 5) is 12.6. The summed E-state index contributed by atoms with van der Waals surface area (Å²) in [5.74, 6) is 1.08. The quantitative estimate of drug-likeness (QED) is 0.513. The molecule has 0 aromatic heterocycles. The van der Waals surface area contributed by atoms with E-state index in [1.807, 2.05) is 66.7 Å². The van der Waals surface area contributed by atoms with E-state index in [4.69, 9.17) is 4.74 Å². The Labute approximate surface area is 156 Å². The third-order valence-corrected chi connectivity index (χ3v) is 4.46. The van der Waals surface area contributed by atoms with Crippen molar-refractivity contribution in [1.29, 1.82) is 0 Å². The molecular weight excluding hydrogens is 434 g/mol. The second-order valence-corrected chi connectivity index (χ2v) is 6.76. The Kier molecular flexibility index (Phi) is 5.33. The summed E-state index contributed by atoms with van der Waals surface area (Å²) >= 11 is 6.79. The minimum absolute atomic E-state index is 0.215. The van der Waals surface area contributed by atoms with Gasteiger partial charge in [-0.3, -0.25) is 4.79 Å². The summed E-state index contributed by atoms with van der Waals surface area (Å²) in [6, 6.07) is 22.2. The van der Waals surface area contributed by atoms with E-state index in [-0.39, 0.29) is 5.91 Å². The number of hydrogen-bond acceptors (Lipinski definition) is 2. The number of halogens is 2. The molecule has 24 heavy (non-hydrogen) atoms. The normalized spacial score (nSPS) is 10.2.